The van der Waals surface area contributed by atoms with Crippen molar-refractivity contribution >= 4 is 11.9 Å². The van der Waals surface area contributed by atoms with Crippen LogP contribution in [0.1, 0.15) is 380 Å². The van der Waals surface area contributed by atoms with Crippen molar-refractivity contribution in [2.75, 3.05) is 13.2 Å². The summed E-state index contributed by atoms with van der Waals surface area (Å²) >= 11 is 0. The third-order valence-corrected chi connectivity index (χ3v) is 16.3. The van der Waals surface area contributed by atoms with Gasteiger partial charge in [0.2, 0.25) is 5.91 Å². The van der Waals surface area contributed by atoms with Gasteiger partial charge in [-0.1, -0.05) is 334 Å². The zero-order chi connectivity index (χ0) is 55.8. The van der Waals surface area contributed by atoms with Crippen LogP contribution in [-0.4, -0.2) is 58.7 Å². The van der Waals surface area contributed by atoms with Crippen LogP contribution in [0.4, 0.5) is 0 Å². The van der Waals surface area contributed by atoms with Crippen LogP contribution in [0.25, 0.3) is 0 Å². The van der Waals surface area contributed by atoms with Gasteiger partial charge in [0.15, 0.2) is 0 Å². The molecule has 0 aromatic rings. The maximum atomic E-state index is 12.5. The van der Waals surface area contributed by atoms with Crippen molar-refractivity contribution in [3.8, 4) is 0 Å². The van der Waals surface area contributed by atoms with Crippen LogP contribution in [0.5, 0.6) is 0 Å². The van der Waals surface area contributed by atoms with Crippen molar-refractivity contribution in [1.29, 1.82) is 0 Å². The maximum absolute atomic E-state index is 12.5. The molecule has 7 nitrogen and oxygen atoms in total. The predicted octanol–water partition coefficient (Wildman–Crippen LogP) is 21.1. The topological polar surface area (TPSA) is 116 Å². The number of hydrogen-bond donors (Lipinski definition) is 4. The Morgan fingerprint density at radius 1 is 0.377 bits per heavy atom. The fraction of sp³-hybridized carbons (Fsp3) is 0.914. The average molecular weight is 1090 g/mol. The summed E-state index contributed by atoms with van der Waals surface area (Å²) in [7, 11) is 0. The van der Waals surface area contributed by atoms with E-state index in [1.165, 1.54) is 283 Å². The lowest BCUT2D eigenvalue weighted by Crippen LogP contribution is -2.50. The zero-order valence-corrected chi connectivity index (χ0v) is 51.8. The molecule has 0 aliphatic heterocycles. The Morgan fingerprint density at radius 3 is 1.05 bits per heavy atom. The molecule has 0 bridgehead atoms. The first-order valence-electron chi connectivity index (χ1n) is 34.7. The van der Waals surface area contributed by atoms with Gasteiger partial charge in [-0.3, -0.25) is 9.59 Å². The Balaban J connectivity index is 3.38. The number of carbonyl (C=O) groups is 2. The summed E-state index contributed by atoms with van der Waals surface area (Å²) in [5.41, 5.74) is 0. The summed E-state index contributed by atoms with van der Waals surface area (Å²) in [6.07, 6.45) is 78.2. The van der Waals surface area contributed by atoms with Crippen molar-refractivity contribution in [2.45, 2.75) is 398 Å². The minimum atomic E-state index is -1.14. The normalized spacial score (nSPS) is 13.1. The van der Waals surface area contributed by atoms with Gasteiger partial charge in [0, 0.05) is 12.8 Å². The summed E-state index contributed by atoms with van der Waals surface area (Å²) in [5.74, 6) is -0.139. The van der Waals surface area contributed by atoms with Crippen LogP contribution in [0.15, 0.2) is 24.3 Å². The summed E-state index contributed by atoms with van der Waals surface area (Å²) in [6.45, 7) is 4.77. The Labute approximate surface area is 480 Å². The van der Waals surface area contributed by atoms with Crippen LogP contribution in [0.3, 0.4) is 0 Å². The number of rotatable bonds is 65. The maximum Gasteiger partial charge on any atom is 0.305 e. The van der Waals surface area contributed by atoms with Gasteiger partial charge in [-0.05, 0) is 57.8 Å². The summed E-state index contributed by atoms with van der Waals surface area (Å²) in [6, 6.07) is -0.811. The molecule has 7 heteroatoms. The van der Waals surface area contributed by atoms with Crippen LogP contribution >= 0.6 is 0 Å². The SMILES string of the molecule is CCCCC/C=C\C/C=C\CCCCCCCC(=O)OCCCCCCCCCCCCCCCCCCCCCCCCCCCCCCCC(=O)N[C@@H](CO)[C@H](O)[C@H](O)CCCCCCCCCCCCCCCC. The molecule has 0 aromatic carbocycles. The van der Waals surface area contributed by atoms with Crippen molar-refractivity contribution in [3.63, 3.8) is 0 Å². The molecule has 3 atom stereocenters. The van der Waals surface area contributed by atoms with Crippen molar-refractivity contribution < 1.29 is 29.6 Å². The molecular formula is C70H135NO6. The van der Waals surface area contributed by atoms with Gasteiger partial charge in [0.25, 0.3) is 0 Å². The molecule has 0 heterocycles. The highest BCUT2D eigenvalue weighted by Crippen LogP contribution is 2.19. The first-order valence-corrected chi connectivity index (χ1v) is 34.7. The van der Waals surface area contributed by atoms with Crippen LogP contribution < -0.4 is 5.32 Å². The lowest BCUT2D eigenvalue weighted by Gasteiger charge is -2.26. The lowest BCUT2D eigenvalue weighted by atomic mass is 9.99. The van der Waals surface area contributed by atoms with Crippen molar-refractivity contribution in [3.05, 3.63) is 24.3 Å². The van der Waals surface area contributed by atoms with E-state index in [0.29, 0.717) is 25.9 Å². The molecule has 456 valence electrons. The number of unbranched alkanes of at least 4 members (excludes halogenated alkanes) is 49. The third kappa shape index (κ3) is 60.2. The van der Waals surface area contributed by atoms with E-state index < -0.39 is 18.2 Å². The molecule has 0 saturated heterocycles. The molecule has 0 fully saturated rings. The third-order valence-electron chi connectivity index (χ3n) is 16.3. The molecule has 0 radical (unpaired) electrons. The van der Waals surface area contributed by atoms with Gasteiger partial charge in [0.1, 0.15) is 6.10 Å². The molecule has 0 aliphatic carbocycles. The van der Waals surface area contributed by atoms with E-state index in [9.17, 15) is 24.9 Å². The lowest BCUT2D eigenvalue weighted by molar-refractivity contribution is -0.143. The molecule has 4 N–H and O–H groups in total. The Morgan fingerprint density at radius 2 is 0.675 bits per heavy atom. The van der Waals surface area contributed by atoms with Crippen molar-refractivity contribution in [1.82, 2.24) is 5.32 Å². The number of esters is 1. The fourth-order valence-corrected chi connectivity index (χ4v) is 11.0. The van der Waals surface area contributed by atoms with Gasteiger partial charge in [-0.25, -0.2) is 0 Å². The van der Waals surface area contributed by atoms with E-state index in [1.54, 1.807) is 0 Å². The Hall–Kier alpha value is -1.70. The minimum absolute atomic E-state index is 0.00325. The fourth-order valence-electron chi connectivity index (χ4n) is 11.0. The average Bonchev–Trinajstić information content (AvgIpc) is 3.43. The van der Waals surface area contributed by atoms with E-state index in [-0.39, 0.29) is 18.5 Å². The second-order valence-corrected chi connectivity index (χ2v) is 24.0. The smallest absolute Gasteiger partial charge is 0.305 e. The number of carbonyl (C=O) groups excluding carboxylic acids is 2. The molecule has 0 unspecified atom stereocenters. The second-order valence-electron chi connectivity index (χ2n) is 24.0. The van der Waals surface area contributed by atoms with E-state index >= 15 is 0 Å². The number of aliphatic hydroxyl groups excluding tert-OH is 3. The van der Waals surface area contributed by atoms with E-state index in [4.69, 9.17) is 4.74 Å². The van der Waals surface area contributed by atoms with Crippen LogP contribution in [0, 0.1) is 0 Å². The van der Waals surface area contributed by atoms with Gasteiger partial charge in [-0.15, -0.1) is 0 Å². The second kappa shape index (κ2) is 65.1. The van der Waals surface area contributed by atoms with Gasteiger partial charge in [0.05, 0.1) is 25.4 Å². The standard InChI is InChI=1S/C70H135NO6/c1-3-5-7-9-11-13-15-17-34-39-43-47-51-55-59-63-69(75)77-64-60-56-52-48-44-40-36-33-31-29-27-25-23-21-19-20-22-24-26-28-30-32-35-38-42-46-50-54-58-62-68(74)71-66(65-72)70(76)67(73)61-57-53-49-45-41-37-18-16-14-12-10-8-6-4-2/h11,13,17,34,66-67,70,72-73,76H,3-10,12,14-16,18-33,35-65H2,1-2H3,(H,71,74)/b13-11-,34-17-/t66-,67+,70-/m0/s1. The Kier molecular flexibility index (Phi) is 63.7. The number of allylic oxidation sites excluding steroid dienone is 4. The van der Waals surface area contributed by atoms with Crippen molar-refractivity contribution in [2.24, 2.45) is 0 Å². The van der Waals surface area contributed by atoms with E-state index in [0.717, 1.165) is 64.2 Å². The number of hydrogen-bond acceptors (Lipinski definition) is 6. The summed E-state index contributed by atoms with van der Waals surface area (Å²) in [5, 5.41) is 33.8. The first-order chi connectivity index (χ1) is 38.0. The first kappa shape index (κ1) is 75.3. The zero-order valence-electron chi connectivity index (χ0n) is 51.8. The highest BCUT2D eigenvalue weighted by atomic mass is 16.5. The number of amides is 1. The van der Waals surface area contributed by atoms with Gasteiger partial charge in [-0.2, -0.15) is 0 Å². The molecule has 77 heavy (non-hydrogen) atoms. The van der Waals surface area contributed by atoms with E-state index in [2.05, 4.69) is 43.5 Å². The summed E-state index contributed by atoms with van der Waals surface area (Å²) < 4.78 is 5.49. The molecule has 0 aliphatic rings. The molecule has 1 amide bonds. The molecule has 0 aromatic heterocycles. The highest BCUT2D eigenvalue weighted by Gasteiger charge is 2.27. The quantitative estimate of drug-likeness (QED) is 0.0274. The summed E-state index contributed by atoms with van der Waals surface area (Å²) in [4.78, 5) is 24.6. The van der Waals surface area contributed by atoms with Gasteiger partial charge >= 0.3 is 5.97 Å². The number of aliphatic hydroxyl groups is 3. The predicted molar refractivity (Wildman–Crippen MR) is 335 cm³/mol. The van der Waals surface area contributed by atoms with Crippen LogP contribution in [-0.2, 0) is 14.3 Å². The van der Waals surface area contributed by atoms with Crippen LogP contribution in [0.2, 0.25) is 0 Å². The highest BCUT2D eigenvalue weighted by molar-refractivity contribution is 5.76. The number of ether oxygens (including phenoxy) is 1. The molecular weight excluding hydrogens is 951 g/mol. The molecule has 0 rings (SSSR count). The molecule has 0 saturated carbocycles. The number of nitrogens with one attached hydrogen (secondary N) is 1. The molecule has 0 spiro atoms. The Bertz CT molecular complexity index is 1220. The monoisotopic (exact) mass is 1090 g/mol. The largest absolute Gasteiger partial charge is 0.466 e. The minimum Gasteiger partial charge on any atom is -0.466 e. The van der Waals surface area contributed by atoms with Gasteiger partial charge < -0.3 is 25.4 Å². The van der Waals surface area contributed by atoms with E-state index in [1.807, 2.05) is 0 Å².